The van der Waals surface area contributed by atoms with Gasteiger partial charge in [0.05, 0.1) is 0 Å². The summed E-state index contributed by atoms with van der Waals surface area (Å²) in [4.78, 5) is 2.60. The summed E-state index contributed by atoms with van der Waals surface area (Å²) in [5, 5.41) is 1.88. The van der Waals surface area contributed by atoms with Gasteiger partial charge in [-0.2, -0.15) is 11.8 Å². The van der Waals surface area contributed by atoms with Crippen LogP contribution in [0.4, 0.5) is 0 Å². The van der Waals surface area contributed by atoms with Gasteiger partial charge in [0.2, 0.25) is 0 Å². The molecule has 0 spiro atoms. The maximum absolute atomic E-state index is 2.60. The first-order valence-corrected chi connectivity index (χ1v) is 6.26. The molecule has 14 heavy (non-hydrogen) atoms. The molecule has 0 N–H and O–H groups in total. The Morgan fingerprint density at radius 3 is 2.43 bits per heavy atom. The minimum Gasteiger partial charge on any atom is -0.297 e. The zero-order valence-corrected chi connectivity index (χ0v) is 9.04. The lowest BCUT2D eigenvalue weighted by Crippen LogP contribution is -2.50. The van der Waals surface area contributed by atoms with Crippen molar-refractivity contribution in [1.29, 1.82) is 0 Å². The fraction of sp³-hybridized carbons (Fsp3) is 0.500. The molecule has 3 fully saturated rings. The normalized spacial score (nSPS) is 31.1. The summed E-state index contributed by atoms with van der Waals surface area (Å²) in [6.07, 6.45) is 1.47. The Morgan fingerprint density at radius 2 is 1.79 bits per heavy atom. The van der Waals surface area contributed by atoms with Crippen molar-refractivity contribution >= 4 is 11.8 Å². The van der Waals surface area contributed by atoms with Crippen molar-refractivity contribution in [2.24, 2.45) is 0 Å². The van der Waals surface area contributed by atoms with E-state index in [1.807, 2.05) is 0 Å². The lowest BCUT2D eigenvalue weighted by Gasteiger charge is -2.46. The summed E-state index contributed by atoms with van der Waals surface area (Å²) < 4.78 is 0. The van der Waals surface area contributed by atoms with Gasteiger partial charge in [-0.3, -0.25) is 4.90 Å². The molecule has 3 saturated heterocycles. The zero-order valence-electron chi connectivity index (χ0n) is 8.23. The summed E-state index contributed by atoms with van der Waals surface area (Å²) in [7, 11) is 0. The van der Waals surface area contributed by atoms with Crippen LogP contribution in [0, 0.1) is 0 Å². The molecule has 2 bridgehead atoms. The van der Waals surface area contributed by atoms with Crippen molar-refractivity contribution in [3.05, 3.63) is 35.9 Å². The number of fused-ring (bicyclic) bond motifs is 2. The molecule has 74 valence electrons. The average molecular weight is 205 g/mol. The number of nitrogens with zero attached hydrogens (tertiary/aromatic N) is 1. The van der Waals surface area contributed by atoms with Crippen LogP contribution in [-0.4, -0.2) is 28.5 Å². The van der Waals surface area contributed by atoms with Gasteiger partial charge in [0.1, 0.15) is 0 Å². The highest BCUT2D eigenvalue weighted by Gasteiger charge is 2.37. The van der Waals surface area contributed by atoms with E-state index in [2.05, 4.69) is 47.0 Å². The van der Waals surface area contributed by atoms with Gasteiger partial charge in [0, 0.05) is 30.1 Å². The summed E-state index contributed by atoms with van der Waals surface area (Å²) in [5.41, 5.74) is 1.46. The first-order chi connectivity index (χ1) is 6.90. The highest BCUT2D eigenvalue weighted by atomic mass is 32.2. The van der Waals surface area contributed by atoms with Crippen LogP contribution in [0.5, 0.6) is 0 Å². The fourth-order valence-corrected chi connectivity index (χ4v) is 3.88. The Bertz CT molecular complexity index is 295. The van der Waals surface area contributed by atoms with Crippen molar-refractivity contribution in [3.63, 3.8) is 0 Å². The zero-order chi connectivity index (χ0) is 9.38. The second-order valence-corrected chi connectivity index (χ2v) is 5.90. The Balaban J connectivity index is 1.63. The molecule has 4 rings (SSSR count). The van der Waals surface area contributed by atoms with E-state index in [-0.39, 0.29) is 0 Å². The second-order valence-electron chi connectivity index (χ2n) is 4.30. The fourth-order valence-electron chi connectivity index (χ4n) is 2.41. The Hall–Kier alpha value is -0.470. The summed E-state index contributed by atoms with van der Waals surface area (Å²) in [6, 6.07) is 10.8. The van der Waals surface area contributed by atoms with Gasteiger partial charge in [0.25, 0.3) is 0 Å². The van der Waals surface area contributed by atoms with Crippen molar-refractivity contribution < 1.29 is 0 Å². The van der Waals surface area contributed by atoms with Gasteiger partial charge in [-0.1, -0.05) is 30.3 Å². The third kappa shape index (κ3) is 1.69. The van der Waals surface area contributed by atoms with E-state index >= 15 is 0 Å². The average Bonchev–Trinajstić information content (AvgIpc) is 2.18. The van der Waals surface area contributed by atoms with Crippen LogP contribution in [0.1, 0.15) is 12.0 Å². The van der Waals surface area contributed by atoms with Crippen LogP contribution in [0.25, 0.3) is 0 Å². The molecular formula is C12H15NS. The lowest BCUT2D eigenvalue weighted by molar-refractivity contribution is 0.215. The standard InChI is InChI=1S/C12H15NS/c1-2-4-10(5-3-1)7-13-8-11-6-12(9-13)14-11/h1-5,11-12H,6-9H2. The molecular weight excluding hydrogens is 190 g/mol. The van der Waals surface area contributed by atoms with Crippen molar-refractivity contribution in [2.75, 3.05) is 13.1 Å². The van der Waals surface area contributed by atoms with Gasteiger partial charge >= 0.3 is 0 Å². The quantitative estimate of drug-likeness (QED) is 0.729. The van der Waals surface area contributed by atoms with E-state index in [0.717, 1.165) is 17.0 Å². The van der Waals surface area contributed by atoms with E-state index in [4.69, 9.17) is 0 Å². The molecule has 1 aromatic carbocycles. The third-order valence-electron chi connectivity index (χ3n) is 3.08. The van der Waals surface area contributed by atoms with Gasteiger partial charge < -0.3 is 0 Å². The van der Waals surface area contributed by atoms with Crippen molar-refractivity contribution in [3.8, 4) is 0 Å². The number of piperidine rings is 1. The van der Waals surface area contributed by atoms with E-state index < -0.39 is 0 Å². The Labute approximate surface area is 89.5 Å². The Kier molecular flexibility index (Phi) is 2.26. The van der Waals surface area contributed by atoms with E-state index in [0.29, 0.717) is 0 Å². The molecule has 0 aromatic heterocycles. The predicted molar refractivity (Wildman–Crippen MR) is 61.5 cm³/mol. The molecule has 0 radical (unpaired) electrons. The molecule has 0 saturated carbocycles. The van der Waals surface area contributed by atoms with Crippen LogP contribution in [-0.2, 0) is 6.54 Å². The SMILES string of the molecule is c1ccc(CN2CC3CC(C2)S3)cc1. The molecule has 1 aromatic rings. The minimum absolute atomic E-state index is 0.942. The Morgan fingerprint density at radius 1 is 1.14 bits per heavy atom. The van der Waals surface area contributed by atoms with Crippen LogP contribution in [0.2, 0.25) is 0 Å². The van der Waals surface area contributed by atoms with Crippen molar-refractivity contribution in [2.45, 2.75) is 23.5 Å². The van der Waals surface area contributed by atoms with E-state index in [1.165, 1.54) is 25.1 Å². The van der Waals surface area contributed by atoms with Gasteiger partial charge in [-0.25, -0.2) is 0 Å². The molecule has 3 heterocycles. The summed E-state index contributed by atoms with van der Waals surface area (Å²) >= 11 is 2.19. The third-order valence-corrected chi connectivity index (χ3v) is 4.54. The molecule has 0 amide bonds. The summed E-state index contributed by atoms with van der Waals surface area (Å²) in [5.74, 6) is 0. The van der Waals surface area contributed by atoms with Crippen LogP contribution >= 0.6 is 11.8 Å². The topological polar surface area (TPSA) is 3.24 Å². The number of thioether (sulfide) groups is 1. The van der Waals surface area contributed by atoms with Gasteiger partial charge in [-0.05, 0) is 12.0 Å². The van der Waals surface area contributed by atoms with Crippen LogP contribution in [0.3, 0.4) is 0 Å². The van der Waals surface area contributed by atoms with Crippen LogP contribution in [0.15, 0.2) is 30.3 Å². The maximum atomic E-state index is 2.60. The van der Waals surface area contributed by atoms with Crippen LogP contribution < -0.4 is 0 Å². The molecule has 3 aliphatic heterocycles. The molecule has 2 heteroatoms. The number of rotatable bonds is 2. The number of hydrogen-bond acceptors (Lipinski definition) is 2. The summed E-state index contributed by atoms with van der Waals surface area (Å²) in [6.45, 7) is 3.75. The molecule has 2 atom stereocenters. The lowest BCUT2D eigenvalue weighted by atomic mass is 10.1. The highest BCUT2D eigenvalue weighted by molar-refractivity contribution is 8.02. The minimum atomic E-state index is 0.942. The number of benzene rings is 1. The van der Waals surface area contributed by atoms with Gasteiger partial charge in [-0.15, -0.1) is 0 Å². The molecule has 1 nitrogen and oxygen atoms in total. The van der Waals surface area contributed by atoms with E-state index in [9.17, 15) is 0 Å². The maximum Gasteiger partial charge on any atom is 0.0234 e. The number of hydrogen-bond donors (Lipinski definition) is 0. The molecule has 2 unspecified atom stereocenters. The van der Waals surface area contributed by atoms with Gasteiger partial charge in [0.15, 0.2) is 0 Å². The van der Waals surface area contributed by atoms with Crippen molar-refractivity contribution in [1.82, 2.24) is 4.90 Å². The molecule has 3 aliphatic rings. The second kappa shape index (κ2) is 3.59. The predicted octanol–water partition coefficient (Wildman–Crippen LogP) is 2.38. The molecule has 0 aliphatic carbocycles. The smallest absolute Gasteiger partial charge is 0.0234 e. The highest BCUT2D eigenvalue weighted by Crippen LogP contribution is 2.41. The monoisotopic (exact) mass is 205 g/mol. The largest absolute Gasteiger partial charge is 0.297 e. The first kappa shape index (κ1) is 8.81. The first-order valence-electron chi connectivity index (χ1n) is 5.32. The van der Waals surface area contributed by atoms with E-state index in [1.54, 1.807) is 0 Å².